The Balaban J connectivity index is 1.39. The maximum Gasteiger partial charge on any atom is 0.268 e. The van der Waals surface area contributed by atoms with Gasteiger partial charge in [-0.2, -0.15) is 0 Å². The molecule has 0 saturated heterocycles. The molecule has 4 aromatic rings. The molecular formula is C31H27FN2O3. The van der Waals surface area contributed by atoms with E-state index in [0.717, 1.165) is 11.1 Å². The largest absolute Gasteiger partial charge is 0.479 e. The molecule has 186 valence electrons. The summed E-state index contributed by atoms with van der Waals surface area (Å²) in [4.78, 5) is 27.7. The first kappa shape index (κ1) is 24.3. The van der Waals surface area contributed by atoms with Crippen molar-refractivity contribution in [1.29, 1.82) is 0 Å². The van der Waals surface area contributed by atoms with E-state index in [4.69, 9.17) is 4.74 Å². The summed E-state index contributed by atoms with van der Waals surface area (Å²) in [6.07, 6.45) is -0.450. The predicted octanol–water partition coefficient (Wildman–Crippen LogP) is 6.30. The molecule has 6 heteroatoms. The topological polar surface area (TPSA) is 58.6 Å². The van der Waals surface area contributed by atoms with Gasteiger partial charge in [-0.25, -0.2) is 4.39 Å². The van der Waals surface area contributed by atoms with Gasteiger partial charge in [-0.05, 0) is 42.3 Å². The van der Waals surface area contributed by atoms with Crippen LogP contribution in [0.15, 0.2) is 103 Å². The van der Waals surface area contributed by atoms with Gasteiger partial charge >= 0.3 is 0 Å². The van der Waals surface area contributed by atoms with Crippen LogP contribution in [0.5, 0.6) is 5.75 Å². The van der Waals surface area contributed by atoms with Crippen molar-refractivity contribution in [2.75, 3.05) is 10.2 Å². The van der Waals surface area contributed by atoms with Crippen LogP contribution < -0.4 is 15.0 Å². The fourth-order valence-electron chi connectivity index (χ4n) is 4.64. The number of benzene rings is 4. The van der Waals surface area contributed by atoms with Crippen molar-refractivity contribution in [2.24, 2.45) is 0 Å². The van der Waals surface area contributed by atoms with Crippen LogP contribution >= 0.6 is 0 Å². The number of carbonyl (C=O) groups excluding carboxylic acids is 2. The summed E-state index contributed by atoms with van der Waals surface area (Å²) >= 11 is 0. The highest BCUT2D eigenvalue weighted by Crippen LogP contribution is 2.38. The zero-order chi connectivity index (χ0) is 25.8. The van der Waals surface area contributed by atoms with E-state index in [2.05, 4.69) is 5.32 Å². The number of nitrogens with zero attached hydrogens (tertiary/aromatic N) is 1. The quantitative estimate of drug-likeness (QED) is 0.328. The fraction of sp³-hybridized carbons (Fsp3) is 0.161. The van der Waals surface area contributed by atoms with E-state index in [1.165, 1.54) is 11.0 Å². The van der Waals surface area contributed by atoms with Crippen LogP contribution in [0.2, 0.25) is 0 Å². The van der Waals surface area contributed by atoms with Crippen molar-refractivity contribution in [3.05, 3.63) is 126 Å². The third kappa shape index (κ3) is 5.38. The molecule has 37 heavy (non-hydrogen) atoms. The van der Waals surface area contributed by atoms with Crippen LogP contribution in [0.3, 0.4) is 0 Å². The van der Waals surface area contributed by atoms with Gasteiger partial charge in [0, 0.05) is 23.6 Å². The fourth-order valence-corrected chi connectivity index (χ4v) is 4.64. The minimum absolute atomic E-state index is 0.0632. The number of anilines is 2. The van der Waals surface area contributed by atoms with Gasteiger partial charge in [-0.3, -0.25) is 9.59 Å². The second-order valence-electron chi connectivity index (χ2n) is 9.08. The van der Waals surface area contributed by atoms with Crippen LogP contribution in [-0.4, -0.2) is 17.9 Å². The Morgan fingerprint density at radius 3 is 2.19 bits per heavy atom. The molecule has 1 aliphatic rings. The number of fused-ring (bicyclic) bond motifs is 1. The first-order chi connectivity index (χ1) is 18.0. The van der Waals surface area contributed by atoms with Crippen LogP contribution in [0, 0.1) is 5.82 Å². The number of ether oxygens (including phenoxy) is 1. The van der Waals surface area contributed by atoms with Gasteiger partial charge in [0.2, 0.25) is 5.91 Å². The van der Waals surface area contributed by atoms with Crippen LogP contribution in [-0.2, 0) is 16.1 Å². The lowest BCUT2D eigenvalue weighted by atomic mass is 9.88. The van der Waals surface area contributed by atoms with Crippen LogP contribution in [0.4, 0.5) is 15.8 Å². The third-order valence-electron chi connectivity index (χ3n) is 6.53. The Morgan fingerprint density at radius 1 is 0.919 bits per heavy atom. The van der Waals surface area contributed by atoms with E-state index in [1.54, 1.807) is 43.3 Å². The van der Waals surface area contributed by atoms with E-state index in [9.17, 15) is 14.0 Å². The van der Waals surface area contributed by atoms with Crippen LogP contribution in [0.25, 0.3) is 0 Å². The average molecular weight is 495 g/mol. The standard InChI is InChI=1S/C31H27FN2O3/c1-21-31(36)34(20-24-14-8-9-15-27(24)32)28-18-25(16-17-29(28)37-21)33-30(35)19-26(22-10-4-2-5-11-22)23-12-6-3-7-13-23/h2-18,21,26H,19-20H2,1H3,(H,33,35). The molecule has 1 unspecified atom stereocenters. The number of hydrogen-bond acceptors (Lipinski definition) is 3. The van der Waals surface area contributed by atoms with E-state index in [1.807, 2.05) is 60.7 Å². The monoisotopic (exact) mass is 494 g/mol. The van der Waals surface area contributed by atoms with Gasteiger partial charge in [0.05, 0.1) is 12.2 Å². The van der Waals surface area contributed by atoms with E-state index < -0.39 is 6.10 Å². The predicted molar refractivity (Wildman–Crippen MR) is 142 cm³/mol. The molecule has 1 aliphatic heterocycles. The molecule has 0 saturated carbocycles. The van der Waals surface area contributed by atoms with Crippen molar-refractivity contribution in [3.8, 4) is 5.75 Å². The average Bonchev–Trinajstić information content (AvgIpc) is 2.92. The number of halogens is 1. The van der Waals surface area contributed by atoms with Crippen molar-refractivity contribution in [1.82, 2.24) is 0 Å². The Kier molecular flexibility index (Phi) is 6.99. The molecule has 0 bridgehead atoms. The SMILES string of the molecule is CC1Oc2ccc(NC(=O)CC(c3ccccc3)c3ccccc3)cc2N(Cc2ccccc2F)C1=O. The second kappa shape index (κ2) is 10.7. The molecule has 0 aliphatic carbocycles. The van der Waals surface area contributed by atoms with Crippen LogP contribution in [0.1, 0.15) is 36.0 Å². The lowest BCUT2D eigenvalue weighted by Gasteiger charge is -2.33. The van der Waals surface area contributed by atoms with Gasteiger partial charge in [0.1, 0.15) is 11.6 Å². The molecule has 1 heterocycles. The van der Waals surface area contributed by atoms with E-state index in [-0.39, 0.29) is 36.5 Å². The summed E-state index contributed by atoms with van der Waals surface area (Å²) in [5, 5.41) is 2.98. The highest BCUT2D eigenvalue weighted by molar-refractivity contribution is 6.01. The minimum atomic E-state index is -0.697. The summed E-state index contributed by atoms with van der Waals surface area (Å²) < 4.78 is 20.2. The highest BCUT2D eigenvalue weighted by atomic mass is 19.1. The summed E-state index contributed by atoms with van der Waals surface area (Å²) in [7, 11) is 0. The molecule has 0 spiro atoms. The number of hydrogen-bond donors (Lipinski definition) is 1. The zero-order valence-corrected chi connectivity index (χ0v) is 20.4. The zero-order valence-electron chi connectivity index (χ0n) is 20.4. The molecule has 1 N–H and O–H groups in total. The Bertz CT molecular complexity index is 1370. The van der Waals surface area contributed by atoms with Crippen molar-refractivity contribution < 1.29 is 18.7 Å². The first-order valence-corrected chi connectivity index (χ1v) is 12.2. The van der Waals surface area contributed by atoms with Crippen molar-refractivity contribution >= 4 is 23.2 Å². The molecule has 4 aromatic carbocycles. The van der Waals surface area contributed by atoms with Gasteiger partial charge in [-0.1, -0.05) is 78.9 Å². The normalized spacial score (nSPS) is 14.7. The van der Waals surface area contributed by atoms with E-state index in [0.29, 0.717) is 22.7 Å². The lowest BCUT2D eigenvalue weighted by molar-refractivity contribution is -0.125. The van der Waals surface area contributed by atoms with Gasteiger partial charge in [0.25, 0.3) is 5.91 Å². The molecule has 1 atom stereocenters. The number of nitrogens with one attached hydrogen (secondary N) is 1. The van der Waals surface area contributed by atoms with Crippen molar-refractivity contribution in [2.45, 2.75) is 31.9 Å². The third-order valence-corrected chi connectivity index (χ3v) is 6.53. The molecule has 0 aromatic heterocycles. The Labute approximate surface area is 215 Å². The summed E-state index contributed by atoms with van der Waals surface area (Å²) in [6, 6.07) is 31.4. The summed E-state index contributed by atoms with van der Waals surface area (Å²) in [5.74, 6) is -0.410. The smallest absolute Gasteiger partial charge is 0.268 e. The molecule has 0 fully saturated rings. The summed E-state index contributed by atoms with van der Waals surface area (Å²) in [6.45, 7) is 1.73. The second-order valence-corrected chi connectivity index (χ2v) is 9.08. The molecule has 0 radical (unpaired) electrons. The molecule has 5 rings (SSSR count). The maximum absolute atomic E-state index is 14.4. The minimum Gasteiger partial charge on any atom is -0.479 e. The highest BCUT2D eigenvalue weighted by Gasteiger charge is 2.32. The lowest BCUT2D eigenvalue weighted by Crippen LogP contribution is -2.44. The number of amides is 2. The molecule has 2 amide bonds. The first-order valence-electron chi connectivity index (χ1n) is 12.2. The van der Waals surface area contributed by atoms with Crippen molar-refractivity contribution in [3.63, 3.8) is 0 Å². The Morgan fingerprint density at radius 2 is 1.54 bits per heavy atom. The van der Waals surface area contributed by atoms with E-state index >= 15 is 0 Å². The molecular weight excluding hydrogens is 467 g/mol. The maximum atomic E-state index is 14.4. The van der Waals surface area contributed by atoms with Gasteiger partial charge in [-0.15, -0.1) is 0 Å². The number of rotatable bonds is 7. The number of carbonyl (C=O) groups is 2. The summed E-state index contributed by atoms with van der Waals surface area (Å²) in [5.41, 5.74) is 3.54. The Hall–Kier alpha value is -4.45. The van der Waals surface area contributed by atoms with Gasteiger partial charge < -0.3 is 15.0 Å². The van der Waals surface area contributed by atoms with Gasteiger partial charge in [0.15, 0.2) is 6.10 Å². The molecule has 5 nitrogen and oxygen atoms in total.